The van der Waals surface area contributed by atoms with Crippen LogP contribution in [0.3, 0.4) is 0 Å². The van der Waals surface area contributed by atoms with Crippen molar-refractivity contribution in [3.63, 3.8) is 0 Å². The van der Waals surface area contributed by atoms with Crippen LogP contribution >= 0.6 is 23.2 Å². The summed E-state index contributed by atoms with van der Waals surface area (Å²) in [5.41, 5.74) is -1.12. The molecule has 0 unspecified atom stereocenters. The number of carbonyl (C=O) groups excluding carboxylic acids is 2. The maximum atomic E-state index is 12.1. The lowest BCUT2D eigenvalue weighted by Gasteiger charge is -2.08. The second-order valence-corrected chi connectivity index (χ2v) is 6.58. The zero-order chi connectivity index (χ0) is 21.6. The van der Waals surface area contributed by atoms with Crippen molar-refractivity contribution in [3.8, 4) is 0 Å². The Morgan fingerprint density at radius 1 is 0.793 bits per heavy atom. The van der Waals surface area contributed by atoms with Gasteiger partial charge >= 0.3 is 0 Å². The van der Waals surface area contributed by atoms with E-state index in [4.69, 9.17) is 23.2 Å². The monoisotopic (exact) mass is 440 g/mol. The number of nitrogens with zero attached hydrogens (tertiary/aromatic N) is 2. The van der Waals surface area contributed by atoms with Gasteiger partial charge in [-0.05, 0) is 30.7 Å². The molecule has 152 valence electrons. The first-order chi connectivity index (χ1) is 13.7. The Balaban J connectivity index is 1.89. The first kappa shape index (κ1) is 22.1. The first-order valence-corrected chi connectivity index (χ1v) is 8.90. The fourth-order valence-corrected chi connectivity index (χ4v) is 2.73. The number of hydrogen-bond acceptors (Lipinski definition) is 6. The third-order valence-corrected chi connectivity index (χ3v) is 4.19. The summed E-state index contributed by atoms with van der Waals surface area (Å²) in [6.45, 7) is 0.195. The number of amides is 2. The number of hydrogen-bond donors (Lipinski definition) is 2. The van der Waals surface area contributed by atoms with Gasteiger partial charge in [-0.3, -0.25) is 29.8 Å². The maximum Gasteiger partial charge on any atom is 0.282 e. The molecule has 0 aliphatic heterocycles. The predicted molar refractivity (Wildman–Crippen MR) is 105 cm³/mol. The van der Waals surface area contributed by atoms with E-state index in [2.05, 4.69) is 10.6 Å². The molecule has 12 heteroatoms. The van der Waals surface area contributed by atoms with Crippen LogP contribution in [0.1, 0.15) is 27.1 Å². The average molecular weight is 441 g/mol. The second kappa shape index (κ2) is 9.80. The molecule has 2 N–H and O–H groups in total. The molecule has 0 fully saturated rings. The second-order valence-electron chi connectivity index (χ2n) is 5.70. The molecule has 2 amide bonds. The smallest absolute Gasteiger partial charge is 0.282 e. The summed E-state index contributed by atoms with van der Waals surface area (Å²) in [7, 11) is 0. The predicted octanol–water partition coefficient (Wildman–Crippen LogP) is 3.36. The van der Waals surface area contributed by atoms with Gasteiger partial charge in [0.2, 0.25) is 0 Å². The number of rotatable bonds is 8. The molecule has 0 atom stereocenters. The lowest BCUT2D eigenvalue weighted by atomic mass is 10.1. The number of halogens is 2. The average Bonchev–Trinajstić information content (AvgIpc) is 2.66. The lowest BCUT2D eigenvalue weighted by Crippen LogP contribution is -2.30. The largest absolute Gasteiger partial charge is 0.352 e. The van der Waals surface area contributed by atoms with Crippen molar-refractivity contribution < 1.29 is 19.4 Å². The molecule has 0 saturated heterocycles. The third kappa shape index (κ3) is 5.87. The number of benzene rings is 2. The molecule has 0 aliphatic rings. The Labute approximate surface area is 174 Å². The molecule has 0 aromatic heterocycles. The van der Waals surface area contributed by atoms with E-state index in [1.54, 1.807) is 0 Å². The highest BCUT2D eigenvalue weighted by atomic mass is 35.5. The van der Waals surface area contributed by atoms with E-state index in [-0.39, 0.29) is 52.1 Å². The van der Waals surface area contributed by atoms with E-state index in [9.17, 15) is 29.8 Å². The highest BCUT2D eigenvalue weighted by Gasteiger charge is 2.21. The van der Waals surface area contributed by atoms with Crippen LogP contribution in [0, 0.1) is 20.2 Å². The minimum atomic E-state index is -0.691. The molecule has 0 heterocycles. The van der Waals surface area contributed by atoms with Gasteiger partial charge in [0.25, 0.3) is 23.2 Å². The standard InChI is InChI=1S/C17H14Cl2N4O6/c18-10-2-4-14(22(26)27)12(8-10)16(24)20-6-1-7-21-17(25)13-9-11(19)3-5-15(13)23(28)29/h2-5,8-9H,1,6-7H2,(H,20,24)(H,21,25). The molecule has 10 nitrogen and oxygen atoms in total. The molecule has 2 aromatic rings. The van der Waals surface area contributed by atoms with E-state index in [0.717, 1.165) is 12.1 Å². The number of nitrogens with one attached hydrogen (secondary N) is 2. The van der Waals surface area contributed by atoms with Crippen LogP contribution < -0.4 is 10.6 Å². The van der Waals surface area contributed by atoms with Crippen molar-refractivity contribution in [3.05, 3.63) is 77.8 Å². The zero-order valence-electron chi connectivity index (χ0n) is 14.7. The van der Waals surface area contributed by atoms with Gasteiger partial charge in [0.1, 0.15) is 11.1 Å². The van der Waals surface area contributed by atoms with Crippen molar-refractivity contribution in [1.82, 2.24) is 10.6 Å². The Morgan fingerprint density at radius 3 is 1.52 bits per heavy atom. The SMILES string of the molecule is O=C(NCCCNC(=O)c1cc(Cl)ccc1[N+](=O)[O-])c1cc(Cl)ccc1[N+](=O)[O-]. The maximum absolute atomic E-state index is 12.1. The fraction of sp³-hybridized carbons (Fsp3) is 0.176. The minimum Gasteiger partial charge on any atom is -0.352 e. The molecule has 2 aromatic carbocycles. The van der Waals surface area contributed by atoms with Gasteiger partial charge in [0.05, 0.1) is 9.85 Å². The summed E-state index contributed by atoms with van der Waals surface area (Å²) in [5.74, 6) is -1.37. The molecule has 0 radical (unpaired) electrons. The normalized spacial score (nSPS) is 10.3. The number of carbonyl (C=O) groups is 2. The van der Waals surface area contributed by atoms with Gasteiger partial charge in [0.15, 0.2) is 0 Å². The summed E-state index contributed by atoms with van der Waals surface area (Å²) in [6.07, 6.45) is 0.278. The number of nitro groups is 2. The summed E-state index contributed by atoms with van der Waals surface area (Å²) in [5, 5.41) is 27.3. The summed E-state index contributed by atoms with van der Waals surface area (Å²) in [6, 6.07) is 7.26. The molecule has 0 spiro atoms. The molecular weight excluding hydrogens is 427 g/mol. The fourth-order valence-electron chi connectivity index (χ4n) is 2.38. The van der Waals surface area contributed by atoms with Crippen LogP contribution in [-0.2, 0) is 0 Å². The highest BCUT2D eigenvalue weighted by molar-refractivity contribution is 6.31. The third-order valence-electron chi connectivity index (χ3n) is 3.72. The van der Waals surface area contributed by atoms with Crippen LogP contribution in [-0.4, -0.2) is 34.8 Å². The minimum absolute atomic E-state index is 0.0976. The Kier molecular flexibility index (Phi) is 7.46. The van der Waals surface area contributed by atoms with E-state index in [1.807, 2.05) is 0 Å². The van der Waals surface area contributed by atoms with Crippen molar-refractivity contribution in [2.24, 2.45) is 0 Å². The van der Waals surface area contributed by atoms with Crippen LogP contribution in [0.2, 0.25) is 10.0 Å². The zero-order valence-corrected chi connectivity index (χ0v) is 16.2. The molecule has 0 saturated carbocycles. The van der Waals surface area contributed by atoms with Gasteiger partial charge in [-0.15, -0.1) is 0 Å². The van der Waals surface area contributed by atoms with E-state index < -0.39 is 21.7 Å². The van der Waals surface area contributed by atoms with Crippen LogP contribution in [0.25, 0.3) is 0 Å². The van der Waals surface area contributed by atoms with E-state index in [1.165, 1.54) is 24.3 Å². The van der Waals surface area contributed by atoms with Gasteiger partial charge in [0, 0.05) is 35.3 Å². The van der Waals surface area contributed by atoms with Gasteiger partial charge in [-0.25, -0.2) is 0 Å². The quantitative estimate of drug-likeness (QED) is 0.365. The molecule has 29 heavy (non-hydrogen) atoms. The van der Waals surface area contributed by atoms with Gasteiger partial charge in [-0.1, -0.05) is 23.2 Å². The van der Waals surface area contributed by atoms with Crippen molar-refractivity contribution >= 4 is 46.4 Å². The number of nitro benzene ring substituents is 2. The van der Waals surface area contributed by atoms with Crippen LogP contribution in [0.15, 0.2) is 36.4 Å². The first-order valence-electron chi connectivity index (χ1n) is 8.15. The molecule has 0 aliphatic carbocycles. The van der Waals surface area contributed by atoms with Crippen molar-refractivity contribution in [1.29, 1.82) is 0 Å². The summed E-state index contributed by atoms with van der Waals surface area (Å²) < 4.78 is 0. The Hall–Kier alpha value is -3.24. The lowest BCUT2D eigenvalue weighted by molar-refractivity contribution is -0.385. The Bertz CT molecular complexity index is 905. The van der Waals surface area contributed by atoms with Crippen LogP contribution in [0.5, 0.6) is 0 Å². The highest BCUT2D eigenvalue weighted by Crippen LogP contribution is 2.23. The van der Waals surface area contributed by atoms with Crippen molar-refractivity contribution in [2.45, 2.75) is 6.42 Å². The van der Waals surface area contributed by atoms with Gasteiger partial charge < -0.3 is 10.6 Å². The molecule has 2 rings (SSSR count). The molecular formula is C17H14Cl2N4O6. The van der Waals surface area contributed by atoms with Gasteiger partial charge in [-0.2, -0.15) is 0 Å². The topological polar surface area (TPSA) is 144 Å². The molecule has 0 bridgehead atoms. The summed E-state index contributed by atoms with van der Waals surface area (Å²) in [4.78, 5) is 44.9. The van der Waals surface area contributed by atoms with Crippen molar-refractivity contribution in [2.75, 3.05) is 13.1 Å². The Morgan fingerprint density at radius 2 is 1.17 bits per heavy atom. The van der Waals surface area contributed by atoms with E-state index in [0.29, 0.717) is 0 Å². The van der Waals surface area contributed by atoms with Crippen LogP contribution in [0.4, 0.5) is 11.4 Å². The summed E-state index contributed by atoms with van der Waals surface area (Å²) >= 11 is 11.6. The van der Waals surface area contributed by atoms with E-state index >= 15 is 0 Å².